The Kier molecular flexibility index (Phi) is 4.98. The molecule has 2 rings (SSSR count). The second-order valence-electron chi connectivity index (χ2n) is 5.74. The predicted molar refractivity (Wildman–Crippen MR) is 94.4 cm³/mol. The van der Waals surface area contributed by atoms with Crippen molar-refractivity contribution in [3.8, 4) is 0 Å². The molecule has 0 unspecified atom stereocenters. The summed E-state index contributed by atoms with van der Waals surface area (Å²) in [7, 11) is 1.78. The quantitative estimate of drug-likeness (QED) is 0.866. The predicted octanol–water partition coefficient (Wildman–Crippen LogP) is 3.54. The summed E-state index contributed by atoms with van der Waals surface area (Å²) in [5.74, 6) is 0.725. The molecule has 0 N–H and O–H groups in total. The number of carbonyl (C=O) groups excluding carboxylic acids is 1. The lowest BCUT2D eigenvalue weighted by molar-refractivity contribution is -0.116. The van der Waals surface area contributed by atoms with E-state index in [2.05, 4.69) is 21.8 Å². The first-order chi connectivity index (χ1) is 10.8. The normalized spacial score (nSPS) is 10.5. The van der Waals surface area contributed by atoms with Crippen molar-refractivity contribution in [2.75, 3.05) is 23.4 Å². The molecule has 0 spiro atoms. The first-order valence-electron chi connectivity index (χ1n) is 7.78. The maximum Gasteiger partial charge on any atom is 0.230 e. The molecule has 1 heterocycles. The molecule has 1 amide bonds. The van der Waals surface area contributed by atoms with Gasteiger partial charge in [-0.15, -0.1) is 0 Å². The van der Waals surface area contributed by atoms with Gasteiger partial charge in [-0.3, -0.25) is 4.79 Å². The highest BCUT2D eigenvalue weighted by atomic mass is 16.2. The number of hydrogen-bond donors (Lipinski definition) is 0. The summed E-state index contributed by atoms with van der Waals surface area (Å²) < 4.78 is 0. The highest BCUT2D eigenvalue weighted by Gasteiger charge is 2.15. The third-order valence-corrected chi connectivity index (χ3v) is 3.86. The van der Waals surface area contributed by atoms with E-state index in [4.69, 9.17) is 0 Å². The minimum atomic E-state index is 0.0159. The van der Waals surface area contributed by atoms with Gasteiger partial charge in [-0.25, -0.2) is 9.97 Å². The molecule has 2 aromatic rings. The minimum Gasteiger partial charge on any atom is -0.316 e. The number of amides is 1. The molecule has 1 aromatic carbocycles. The molecule has 5 nitrogen and oxygen atoms in total. The van der Waals surface area contributed by atoms with Crippen LogP contribution in [0.3, 0.4) is 0 Å². The molecule has 0 fully saturated rings. The van der Waals surface area contributed by atoms with Crippen molar-refractivity contribution in [3.63, 3.8) is 0 Å². The lowest BCUT2D eigenvalue weighted by Gasteiger charge is -2.25. The van der Waals surface area contributed by atoms with Gasteiger partial charge in [0, 0.05) is 43.3 Å². The lowest BCUT2D eigenvalue weighted by atomic mass is 10.1. The van der Waals surface area contributed by atoms with Gasteiger partial charge in [0.05, 0.1) is 0 Å². The summed E-state index contributed by atoms with van der Waals surface area (Å²) in [6, 6.07) is 7.96. The van der Waals surface area contributed by atoms with Gasteiger partial charge in [-0.05, 0) is 57.5 Å². The maximum absolute atomic E-state index is 11.5. The second-order valence-corrected chi connectivity index (χ2v) is 5.74. The van der Waals surface area contributed by atoms with Gasteiger partial charge in [0.15, 0.2) is 0 Å². The Bertz CT molecular complexity index is 707. The fraction of sp³-hybridized carbons (Fsp3) is 0.389. The van der Waals surface area contributed by atoms with Gasteiger partial charge in [0.25, 0.3) is 0 Å². The zero-order valence-corrected chi connectivity index (χ0v) is 14.7. The molecule has 23 heavy (non-hydrogen) atoms. The van der Waals surface area contributed by atoms with Gasteiger partial charge < -0.3 is 9.80 Å². The molecule has 0 aliphatic carbocycles. The molecule has 5 heteroatoms. The average Bonchev–Trinajstić information content (AvgIpc) is 2.47. The van der Waals surface area contributed by atoms with E-state index in [0.717, 1.165) is 34.9 Å². The SMILES string of the molecule is CCN(c1nc(C)cc(C)n1)c1ccc(N(C)C(C)=O)cc1C. The monoisotopic (exact) mass is 312 g/mol. The Labute approximate surface area is 138 Å². The van der Waals surface area contributed by atoms with Crippen molar-refractivity contribution in [1.82, 2.24) is 9.97 Å². The Morgan fingerprint density at radius 2 is 1.70 bits per heavy atom. The second kappa shape index (κ2) is 6.77. The highest BCUT2D eigenvalue weighted by Crippen LogP contribution is 2.29. The zero-order valence-electron chi connectivity index (χ0n) is 14.7. The van der Waals surface area contributed by atoms with Crippen LogP contribution in [0.25, 0.3) is 0 Å². The fourth-order valence-corrected chi connectivity index (χ4v) is 2.58. The molecule has 0 aliphatic rings. The summed E-state index contributed by atoms with van der Waals surface area (Å²) >= 11 is 0. The Balaban J connectivity index is 2.44. The number of aryl methyl sites for hydroxylation is 3. The van der Waals surface area contributed by atoms with E-state index in [1.165, 1.54) is 0 Å². The van der Waals surface area contributed by atoms with E-state index in [-0.39, 0.29) is 5.91 Å². The van der Waals surface area contributed by atoms with Crippen LogP contribution in [0, 0.1) is 20.8 Å². The van der Waals surface area contributed by atoms with Crippen LogP contribution in [-0.2, 0) is 4.79 Å². The lowest BCUT2D eigenvalue weighted by Crippen LogP contribution is -2.24. The molecule has 0 atom stereocenters. The van der Waals surface area contributed by atoms with Crippen LogP contribution < -0.4 is 9.80 Å². The Hall–Kier alpha value is -2.43. The molecule has 1 aromatic heterocycles. The highest BCUT2D eigenvalue weighted by molar-refractivity contribution is 5.91. The van der Waals surface area contributed by atoms with Gasteiger partial charge in [0.1, 0.15) is 0 Å². The van der Waals surface area contributed by atoms with E-state index in [1.54, 1.807) is 18.9 Å². The van der Waals surface area contributed by atoms with Crippen molar-refractivity contribution in [1.29, 1.82) is 0 Å². The number of benzene rings is 1. The molecule has 0 radical (unpaired) electrons. The minimum absolute atomic E-state index is 0.0159. The van der Waals surface area contributed by atoms with Crippen molar-refractivity contribution in [3.05, 3.63) is 41.2 Å². The Morgan fingerprint density at radius 1 is 1.09 bits per heavy atom. The summed E-state index contributed by atoms with van der Waals surface area (Å²) in [4.78, 5) is 24.4. The van der Waals surface area contributed by atoms with Gasteiger partial charge in [0.2, 0.25) is 11.9 Å². The molecule has 0 bridgehead atoms. The number of anilines is 3. The standard InChI is InChI=1S/C18H24N4O/c1-7-22(18-19-13(3)11-14(4)20-18)17-9-8-16(10-12(17)2)21(6)15(5)23/h8-11H,7H2,1-6H3. The summed E-state index contributed by atoms with van der Waals surface area (Å²) in [5.41, 5.74) is 4.93. The number of aromatic nitrogens is 2. The van der Waals surface area contributed by atoms with E-state index in [9.17, 15) is 4.79 Å². The molecule has 0 saturated carbocycles. The van der Waals surface area contributed by atoms with Crippen LogP contribution in [0.5, 0.6) is 0 Å². The Morgan fingerprint density at radius 3 is 2.17 bits per heavy atom. The first-order valence-corrected chi connectivity index (χ1v) is 7.78. The fourth-order valence-electron chi connectivity index (χ4n) is 2.58. The van der Waals surface area contributed by atoms with Gasteiger partial charge in [-0.1, -0.05) is 0 Å². The number of rotatable bonds is 4. The summed E-state index contributed by atoms with van der Waals surface area (Å²) in [6.07, 6.45) is 0. The molecule has 122 valence electrons. The van der Waals surface area contributed by atoms with Crippen LogP contribution in [0.15, 0.2) is 24.3 Å². The third-order valence-electron chi connectivity index (χ3n) is 3.86. The summed E-state index contributed by atoms with van der Waals surface area (Å²) in [6.45, 7) is 10.4. The van der Waals surface area contributed by atoms with Gasteiger partial charge in [-0.2, -0.15) is 0 Å². The summed E-state index contributed by atoms with van der Waals surface area (Å²) in [5, 5.41) is 0. The van der Waals surface area contributed by atoms with Crippen LogP contribution in [0.4, 0.5) is 17.3 Å². The van der Waals surface area contributed by atoms with Crippen molar-refractivity contribution in [2.45, 2.75) is 34.6 Å². The number of carbonyl (C=O) groups is 1. The third kappa shape index (κ3) is 3.67. The van der Waals surface area contributed by atoms with E-state index in [1.807, 2.05) is 45.0 Å². The number of hydrogen-bond acceptors (Lipinski definition) is 4. The van der Waals surface area contributed by atoms with Gasteiger partial charge >= 0.3 is 0 Å². The van der Waals surface area contributed by atoms with Crippen LogP contribution in [-0.4, -0.2) is 29.5 Å². The van der Waals surface area contributed by atoms with E-state index in [0.29, 0.717) is 5.95 Å². The first kappa shape index (κ1) is 16.9. The molecule has 0 aliphatic heterocycles. The number of nitrogens with zero attached hydrogens (tertiary/aromatic N) is 4. The molecular weight excluding hydrogens is 288 g/mol. The van der Waals surface area contributed by atoms with Crippen LogP contribution in [0.2, 0.25) is 0 Å². The topological polar surface area (TPSA) is 49.3 Å². The smallest absolute Gasteiger partial charge is 0.230 e. The van der Waals surface area contributed by atoms with Crippen molar-refractivity contribution in [2.24, 2.45) is 0 Å². The van der Waals surface area contributed by atoms with Crippen LogP contribution in [0.1, 0.15) is 30.8 Å². The largest absolute Gasteiger partial charge is 0.316 e. The molecule has 0 saturated heterocycles. The van der Waals surface area contributed by atoms with Crippen LogP contribution >= 0.6 is 0 Å². The van der Waals surface area contributed by atoms with Crippen molar-refractivity contribution >= 4 is 23.2 Å². The maximum atomic E-state index is 11.5. The van der Waals surface area contributed by atoms with E-state index < -0.39 is 0 Å². The zero-order chi connectivity index (χ0) is 17.1. The van der Waals surface area contributed by atoms with Crippen molar-refractivity contribution < 1.29 is 4.79 Å². The van der Waals surface area contributed by atoms with E-state index >= 15 is 0 Å². The molecular formula is C18H24N4O. The average molecular weight is 312 g/mol.